The van der Waals surface area contributed by atoms with Gasteiger partial charge in [0.1, 0.15) is 60.3 Å². The first-order valence-corrected chi connectivity index (χ1v) is 13.6. The van der Waals surface area contributed by atoms with E-state index in [9.17, 15) is 29.9 Å². The molecule has 0 amide bonds. The molecular formula is C20H25N10O10P. The minimum atomic E-state index is -4.80. The number of hydrogen-bond acceptors (Lipinski definition) is 17. The summed E-state index contributed by atoms with van der Waals surface area (Å²) in [5.74, 6) is 0.208. The molecule has 2 aliphatic rings. The SMILES string of the molecule is Nc1ncnc2c1ncn2[C@@H]1O[C@H](COP(=O)(O)OC[C@H]2O[C@H](n3cnc4c(N)ncnc43)[C@@H](O)[C@@H]2O)[C@@H](O)[C@@H]1O. The third-order valence-corrected chi connectivity index (χ3v) is 7.75. The Morgan fingerprint density at radius 2 is 1.15 bits per heavy atom. The second-order valence-corrected chi connectivity index (χ2v) is 10.8. The van der Waals surface area contributed by atoms with Gasteiger partial charge in [0.15, 0.2) is 35.4 Å². The van der Waals surface area contributed by atoms with E-state index in [1.807, 2.05) is 0 Å². The van der Waals surface area contributed by atoms with Crippen molar-refractivity contribution in [1.82, 2.24) is 39.0 Å². The van der Waals surface area contributed by atoms with Crippen LogP contribution in [0, 0.1) is 0 Å². The Morgan fingerprint density at radius 3 is 1.56 bits per heavy atom. The number of aliphatic hydroxyl groups is 4. The van der Waals surface area contributed by atoms with Crippen molar-refractivity contribution < 1.29 is 48.4 Å². The highest BCUT2D eigenvalue weighted by molar-refractivity contribution is 7.47. The first kappa shape index (κ1) is 27.7. The molecule has 0 radical (unpaired) electrons. The lowest BCUT2D eigenvalue weighted by atomic mass is 10.1. The van der Waals surface area contributed by atoms with Crippen LogP contribution >= 0.6 is 7.82 Å². The second kappa shape index (κ2) is 10.4. The van der Waals surface area contributed by atoms with Gasteiger partial charge in [-0.1, -0.05) is 0 Å². The van der Waals surface area contributed by atoms with Crippen LogP contribution in [0.5, 0.6) is 0 Å². The van der Waals surface area contributed by atoms with Gasteiger partial charge in [0, 0.05) is 0 Å². The lowest BCUT2D eigenvalue weighted by Gasteiger charge is -2.20. The van der Waals surface area contributed by atoms with Crippen LogP contribution < -0.4 is 11.5 Å². The number of nitrogen functional groups attached to an aromatic ring is 2. The summed E-state index contributed by atoms with van der Waals surface area (Å²) in [5, 5.41) is 42.0. The van der Waals surface area contributed by atoms with Crippen molar-refractivity contribution in [2.45, 2.75) is 49.1 Å². The Bertz CT molecular complexity index is 1510. The number of rotatable bonds is 8. The van der Waals surface area contributed by atoms with Crippen LogP contribution in [-0.2, 0) is 23.1 Å². The monoisotopic (exact) mass is 596 g/mol. The number of nitrogens with zero attached hydrogens (tertiary/aromatic N) is 8. The van der Waals surface area contributed by atoms with Crippen molar-refractivity contribution in [2.75, 3.05) is 24.7 Å². The molecule has 2 aliphatic heterocycles. The standard InChI is InChI=1S/C20H25N10O10P/c21-15-9-17(25-3-23-15)29(5-27-9)19-13(33)11(31)7(39-19)1-37-41(35,36)38-2-8-12(32)14(34)20(40-8)30-6-28-10-16(22)24-4-26-18(10)30/h3-8,11-14,19-20,31-34H,1-2H2,(H,35,36)(H2,21,23,25)(H2,22,24,26)/t7-,8-,11-,12-,13+,14+,19-,20+/m1/s1. The molecule has 0 aromatic carbocycles. The summed E-state index contributed by atoms with van der Waals surface area (Å²) >= 11 is 0. The normalized spacial score (nSPS) is 31.7. The highest BCUT2D eigenvalue weighted by Crippen LogP contribution is 2.45. The van der Waals surface area contributed by atoms with Gasteiger partial charge >= 0.3 is 7.82 Å². The number of hydrogen-bond donors (Lipinski definition) is 7. The van der Waals surface area contributed by atoms with Crippen LogP contribution in [0.1, 0.15) is 12.5 Å². The van der Waals surface area contributed by atoms with Gasteiger partial charge < -0.3 is 46.3 Å². The van der Waals surface area contributed by atoms with Gasteiger partial charge in [0.05, 0.1) is 25.9 Å². The number of anilines is 2. The van der Waals surface area contributed by atoms with E-state index in [0.29, 0.717) is 0 Å². The predicted molar refractivity (Wildman–Crippen MR) is 133 cm³/mol. The number of phosphoric acid groups is 1. The van der Waals surface area contributed by atoms with Crippen molar-refractivity contribution in [1.29, 1.82) is 0 Å². The highest BCUT2D eigenvalue weighted by Gasteiger charge is 2.47. The number of fused-ring (bicyclic) bond motifs is 2. The summed E-state index contributed by atoms with van der Waals surface area (Å²) in [6, 6.07) is 0. The summed E-state index contributed by atoms with van der Waals surface area (Å²) in [5.41, 5.74) is 12.5. The van der Waals surface area contributed by atoms with E-state index in [0.717, 1.165) is 0 Å². The number of aromatic nitrogens is 8. The molecule has 2 saturated heterocycles. The second-order valence-electron chi connectivity index (χ2n) is 9.32. The molecule has 6 heterocycles. The van der Waals surface area contributed by atoms with E-state index in [-0.39, 0.29) is 34.0 Å². The lowest BCUT2D eigenvalue weighted by Crippen LogP contribution is -2.34. The number of ether oxygens (including phenoxy) is 2. The zero-order valence-corrected chi connectivity index (χ0v) is 21.7. The van der Waals surface area contributed by atoms with Gasteiger partial charge in [-0.15, -0.1) is 0 Å². The molecule has 9 N–H and O–H groups in total. The number of aliphatic hydroxyl groups excluding tert-OH is 4. The van der Waals surface area contributed by atoms with Crippen molar-refractivity contribution in [3.05, 3.63) is 25.3 Å². The maximum absolute atomic E-state index is 12.6. The lowest BCUT2D eigenvalue weighted by molar-refractivity contribution is -0.0608. The molecule has 41 heavy (non-hydrogen) atoms. The largest absolute Gasteiger partial charge is 0.472 e. The Labute approximate surface area is 228 Å². The summed E-state index contributed by atoms with van der Waals surface area (Å²) in [6.07, 6.45) is -5.85. The third-order valence-electron chi connectivity index (χ3n) is 6.80. The topological polar surface area (TPSA) is 294 Å². The first-order chi connectivity index (χ1) is 19.6. The van der Waals surface area contributed by atoms with Gasteiger partial charge in [-0.05, 0) is 0 Å². The average molecular weight is 596 g/mol. The third kappa shape index (κ3) is 4.89. The van der Waals surface area contributed by atoms with Crippen LogP contribution in [0.2, 0.25) is 0 Å². The molecule has 20 nitrogen and oxygen atoms in total. The maximum atomic E-state index is 12.6. The zero-order valence-electron chi connectivity index (χ0n) is 20.8. The van der Waals surface area contributed by atoms with E-state index >= 15 is 0 Å². The molecule has 9 atom stereocenters. The van der Waals surface area contributed by atoms with Crippen LogP contribution in [0.3, 0.4) is 0 Å². The molecule has 0 bridgehead atoms. The van der Waals surface area contributed by atoms with Gasteiger partial charge in [0.25, 0.3) is 0 Å². The van der Waals surface area contributed by atoms with Crippen LogP contribution in [0.15, 0.2) is 25.3 Å². The minimum Gasteiger partial charge on any atom is -0.387 e. The maximum Gasteiger partial charge on any atom is 0.472 e. The fourth-order valence-corrected chi connectivity index (χ4v) is 5.42. The molecule has 2 fully saturated rings. The van der Waals surface area contributed by atoms with E-state index in [1.54, 1.807) is 0 Å². The number of phosphoric ester groups is 1. The van der Waals surface area contributed by atoms with E-state index in [1.165, 1.54) is 34.4 Å². The molecule has 0 spiro atoms. The zero-order chi connectivity index (χ0) is 29.1. The Hall–Kier alpha value is -3.43. The van der Waals surface area contributed by atoms with Crippen LogP contribution in [-0.4, -0.2) is 114 Å². The van der Waals surface area contributed by atoms with Crippen molar-refractivity contribution in [2.24, 2.45) is 0 Å². The molecule has 220 valence electrons. The van der Waals surface area contributed by atoms with Crippen molar-refractivity contribution in [3.8, 4) is 0 Å². The Kier molecular flexibility index (Phi) is 7.06. The van der Waals surface area contributed by atoms with E-state index < -0.39 is 70.1 Å². The first-order valence-electron chi connectivity index (χ1n) is 12.1. The molecule has 1 unspecified atom stereocenters. The van der Waals surface area contributed by atoms with Gasteiger partial charge in [0.2, 0.25) is 0 Å². The van der Waals surface area contributed by atoms with Gasteiger partial charge in [-0.3, -0.25) is 18.2 Å². The average Bonchev–Trinajstić information content (AvgIpc) is 3.70. The number of nitrogens with two attached hydrogens (primary N) is 2. The smallest absolute Gasteiger partial charge is 0.387 e. The molecule has 4 aromatic rings. The molecule has 0 saturated carbocycles. The molecule has 21 heteroatoms. The van der Waals surface area contributed by atoms with Crippen LogP contribution in [0.25, 0.3) is 22.3 Å². The quantitative estimate of drug-likeness (QED) is 0.101. The summed E-state index contributed by atoms with van der Waals surface area (Å²) in [6.45, 7) is -1.32. The summed E-state index contributed by atoms with van der Waals surface area (Å²) in [7, 11) is -4.80. The highest BCUT2D eigenvalue weighted by atomic mass is 31.2. The molecular weight excluding hydrogens is 571 g/mol. The Balaban J connectivity index is 1.07. The molecule has 4 aromatic heterocycles. The van der Waals surface area contributed by atoms with Gasteiger partial charge in [-0.2, -0.15) is 0 Å². The Morgan fingerprint density at radius 1 is 0.732 bits per heavy atom. The molecule has 6 rings (SSSR count). The fourth-order valence-electron chi connectivity index (χ4n) is 4.68. The minimum absolute atomic E-state index is 0.104. The van der Waals surface area contributed by atoms with E-state index in [4.69, 9.17) is 30.0 Å². The fraction of sp³-hybridized carbons (Fsp3) is 0.500. The van der Waals surface area contributed by atoms with E-state index in [2.05, 4.69) is 29.9 Å². The van der Waals surface area contributed by atoms with Crippen molar-refractivity contribution >= 4 is 41.8 Å². The molecule has 0 aliphatic carbocycles. The summed E-state index contributed by atoms with van der Waals surface area (Å²) in [4.78, 5) is 34.2. The summed E-state index contributed by atoms with van der Waals surface area (Å²) < 4.78 is 36.5. The van der Waals surface area contributed by atoms with Gasteiger partial charge in [-0.25, -0.2) is 34.5 Å². The number of imidazole rings is 2. The van der Waals surface area contributed by atoms with Crippen molar-refractivity contribution in [3.63, 3.8) is 0 Å². The van der Waals surface area contributed by atoms with Crippen LogP contribution in [0.4, 0.5) is 11.6 Å². The predicted octanol–water partition coefficient (Wildman–Crippen LogP) is -2.80.